The smallest absolute Gasteiger partial charge is 0.126 e. The van der Waals surface area contributed by atoms with Crippen LogP contribution in [0.5, 0.6) is 0 Å². The van der Waals surface area contributed by atoms with Crippen molar-refractivity contribution in [3.63, 3.8) is 0 Å². The summed E-state index contributed by atoms with van der Waals surface area (Å²) in [7, 11) is 0. The third-order valence-electron chi connectivity index (χ3n) is 3.29. The van der Waals surface area contributed by atoms with Crippen molar-refractivity contribution in [3.05, 3.63) is 29.1 Å². The zero-order valence-corrected chi connectivity index (χ0v) is 12.3. The largest absolute Gasteiger partial charge is 0.396 e. The number of rotatable bonds is 6. The molecule has 0 amide bonds. The molecular formula is C15H25FN2O. The Hall–Kier alpha value is -1.13. The first-order valence-electron chi connectivity index (χ1n) is 6.81. The van der Waals surface area contributed by atoms with Crippen molar-refractivity contribution < 1.29 is 9.50 Å². The van der Waals surface area contributed by atoms with Crippen molar-refractivity contribution in [1.29, 1.82) is 0 Å². The van der Waals surface area contributed by atoms with Crippen molar-refractivity contribution in [1.82, 2.24) is 0 Å². The lowest BCUT2D eigenvalue weighted by Gasteiger charge is -2.32. The number of aliphatic hydroxyl groups excluding tert-OH is 1. The number of hydrogen-bond donors (Lipinski definition) is 2. The van der Waals surface area contributed by atoms with E-state index in [0.717, 1.165) is 17.8 Å². The van der Waals surface area contributed by atoms with Gasteiger partial charge in [0.2, 0.25) is 0 Å². The number of benzene rings is 1. The molecule has 19 heavy (non-hydrogen) atoms. The van der Waals surface area contributed by atoms with E-state index >= 15 is 0 Å². The zero-order chi connectivity index (χ0) is 14.6. The highest BCUT2D eigenvalue weighted by atomic mass is 19.1. The number of aliphatic hydroxyl groups is 1. The monoisotopic (exact) mass is 268 g/mol. The highest BCUT2D eigenvalue weighted by Crippen LogP contribution is 2.29. The van der Waals surface area contributed by atoms with Crippen LogP contribution in [-0.2, 0) is 0 Å². The Bertz CT molecular complexity index is 419. The fourth-order valence-electron chi connectivity index (χ4n) is 2.19. The molecule has 4 heteroatoms. The van der Waals surface area contributed by atoms with Crippen molar-refractivity contribution in [2.45, 2.75) is 46.2 Å². The van der Waals surface area contributed by atoms with Gasteiger partial charge >= 0.3 is 0 Å². The number of nitrogens with two attached hydrogens (primary N) is 1. The minimum absolute atomic E-state index is 0.150. The Morgan fingerprint density at radius 3 is 2.42 bits per heavy atom. The quantitative estimate of drug-likeness (QED) is 0.834. The highest BCUT2D eigenvalue weighted by molar-refractivity contribution is 5.57. The third kappa shape index (κ3) is 3.91. The maximum atomic E-state index is 13.7. The minimum Gasteiger partial charge on any atom is -0.396 e. The molecule has 0 aliphatic rings. The summed E-state index contributed by atoms with van der Waals surface area (Å²) in [5.74, 6) is -0.220. The molecule has 3 N–H and O–H groups in total. The summed E-state index contributed by atoms with van der Waals surface area (Å²) in [6.07, 6.45) is 0.687. The molecule has 0 bridgehead atoms. The van der Waals surface area contributed by atoms with Crippen LogP contribution in [0.4, 0.5) is 10.1 Å². The molecule has 0 spiro atoms. The number of aryl methyl sites for hydroxylation is 1. The van der Waals surface area contributed by atoms with Crippen molar-refractivity contribution >= 4 is 5.69 Å². The average Bonchev–Trinajstić information content (AvgIpc) is 2.32. The molecule has 0 saturated carbocycles. The summed E-state index contributed by atoms with van der Waals surface area (Å²) in [6, 6.07) is 3.43. The molecule has 108 valence electrons. The third-order valence-corrected chi connectivity index (χ3v) is 3.29. The van der Waals surface area contributed by atoms with Gasteiger partial charge in [0, 0.05) is 30.9 Å². The predicted octanol–water partition coefficient (Wildman–Crippen LogP) is 2.75. The van der Waals surface area contributed by atoms with Crippen LogP contribution in [0.25, 0.3) is 0 Å². The fraction of sp³-hybridized carbons (Fsp3) is 0.600. The number of hydrogen-bond acceptors (Lipinski definition) is 3. The summed E-state index contributed by atoms with van der Waals surface area (Å²) in [5.41, 5.74) is 8.36. The van der Waals surface area contributed by atoms with Crippen LogP contribution in [0, 0.1) is 12.7 Å². The topological polar surface area (TPSA) is 49.5 Å². The first kappa shape index (κ1) is 15.9. The molecule has 0 fully saturated rings. The van der Waals surface area contributed by atoms with Gasteiger partial charge in [0.25, 0.3) is 0 Å². The summed E-state index contributed by atoms with van der Waals surface area (Å²) >= 11 is 0. The van der Waals surface area contributed by atoms with E-state index in [1.165, 1.54) is 6.07 Å². The van der Waals surface area contributed by atoms with Crippen molar-refractivity contribution in [2.75, 3.05) is 18.1 Å². The van der Waals surface area contributed by atoms with Crippen LogP contribution in [0.2, 0.25) is 0 Å². The summed E-state index contributed by atoms with van der Waals surface area (Å²) in [4.78, 5) is 2.17. The minimum atomic E-state index is -0.222. The molecule has 0 aromatic heterocycles. The number of nitrogens with zero attached hydrogens (tertiary/aromatic N) is 1. The Morgan fingerprint density at radius 2 is 1.95 bits per heavy atom. The molecule has 0 heterocycles. The van der Waals surface area contributed by atoms with Gasteiger partial charge in [-0.05, 0) is 57.4 Å². The van der Waals surface area contributed by atoms with Crippen LogP contribution in [0.1, 0.15) is 44.4 Å². The number of halogens is 1. The lowest BCUT2D eigenvalue weighted by Crippen LogP contribution is -2.33. The van der Waals surface area contributed by atoms with Crippen LogP contribution in [0.3, 0.4) is 0 Å². The second kappa shape index (κ2) is 6.87. The predicted molar refractivity (Wildman–Crippen MR) is 77.9 cm³/mol. The van der Waals surface area contributed by atoms with E-state index in [1.807, 2.05) is 13.0 Å². The molecule has 0 aliphatic heterocycles. The van der Waals surface area contributed by atoms with Gasteiger partial charge in [-0.3, -0.25) is 0 Å². The van der Waals surface area contributed by atoms with Gasteiger partial charge in [-0.2, -0.15) is 0 Å². The van der Waals surface area contributed by atoms with Gasteiger partial charge in [0.15, 0.2) is 0 Å². The van der Waals surface area contributed by atoms with E-state index < -0.39 is 0 Å². The molecule has 1 aromatic carbocycles. The van der Waals surface area contributed by atoms with Crippen LogP contribution in [-0.4, -0.2) is 24.3 Å². The summed E-state index contributed by atoms with van der Waals surface area (Å²) in [6.45, 7) is 8.67. The summed E-state index contributed by atoms with van der Waals surface area (Å²) in [5, 5.41) is 9.01. The molecule has 0 unspecified atom stereocenters. The van der Waals surface area contributed by atoms with E-state index in [-0.39, 0.29) is 24.5 Å². The van der Waals surface area contributed by atoms with Crippen LogP contribution in [0.15, 0.2) is 12.1 Å². The highest BCUT2D eigenvalue weighted by Gasteiger charge is 2.18. The van der Waals surface area contributed by atoms with Crippen LogP contribution < -0.4 is 10.6 Å². The fourth-order valence-corrected chi connectivity index (χ4v) is 2.19. The molecule has 1 atom stereocenters. The van der Waals surface area contributed by atoms with E-state index in [1.54, 1.807) is 6.92 Å². The number of anilines is 1. The van der Waals surface area contributed by atoms with Gasteiger partial charge in [-0.1, -0.05) is 0 Å². The molecule has 1 aromatic rings. The van der Waals surface area contributed by atoms with Gasteiger partial charge in [0.05, 0.1) is 0 Å². The maximum absolute atomic E-state index is 13.7. The standard InChI is InChI=1S/C15H25FN2O/c1-10(2)18(6-5-7-19)15-8-11(3)14(16)9-13(15)12(4)17/h8-10,12,19H,5-7,17H2,1-4H3/t12-/m1/s1. The lowest BCUT2D eigenvalue weighted by atomic mass is 10.0. The van der Waals surface area contributed by atoms with E-state index in [2.05, 4.69) is 18.7 Å². The molecular weight excluding hydrogens is 243 g/mol. The Kier molecular flexibility index (Phi) is 5.76. The maximum Gasteiger partial charge on any atom is 0.126 e. The molecule has 1 rings (SSSR count). The molecule has 0 saturated heterocycles. The SMILES string of the molecule is Cc1cc(N(CCCO)C(C)C)c([C@@H](C)N)cc1F. The van der Waals surface area contributed by atoms with Crippen molar-refractivity contribution in [2.24, 2.45) is 5.73 Å². The van der Waals surface area contributed by atoms with E-state index in [4.69, 9.17) is 10.8 Å². The Balaban J connectivity index is 3.23. The second-order valence-electron chi connectivity index (χ2n) is 5.31. The van der Waals surface area contributed by atoms with Crippen molar-refractivity contribution in [3.8, 4) is 0 Å². The van der Waals surface area contributed by atoms with Gasteiger partial charge in [0.1, 0.15) is 5.82 Å². The molecule has 0 aliphatic carbocycles. The molecule has 3 nitrogen and oxygen atoms in total. The Morgan fingerprint density at radius 1 is 1.32 bits per heavy atom. The summed E-state index contributed by atoms with van der Waals surface area (Å²) < 4.78 is 13.7. The van der Waals surface area contributed by atoms with E-state index in [0.29, 0.717) is 12.0 Å². The van der Waals surface area contributed by atoms with E-state index in [9.17, 15) is 4.39 Å². The van der Waals surface area contributed by atoms with Gasteiger partial charge in [-0.15, -0.1) is 0 Å². The van der Waals surface area contributed by atoms with Gasteiger partial charge < -0.3 is 15.7 Å². The first-order chi connectivity index (χ1) is 8.88. The normalized spacial score (nSPS) is 12.8. The lowest BCUT2D eigenvalue weighted by molar-refractivity contribution is 0.288. The zero-order valence-electron chi connectivity index (χ0n) is 12.3. The second-order valence-corrected chi connectivity index (χ2v) is 5.31. The van der Waals surface area contributed by atoms with Crippen LogP contribution >= 0.6 is 0 Å². The van der Waals surface area contributed by atoms with Gasteiger partial charge in [-0.25, -0.2) is 4.39 Å². The average molecular weight is 268 g/mol. The Labute approximate surface area is 115 Å². The molecule has 0 radical (unpaired) electrons. The first-order valence-corrected chi connectivity index (χ1v) is 6.81.